The highest BCUT2D eigenvalue weighted by atomic mass is 16.6. The number of ether oxygens (including phenoxy) is 3. The first kappa shape index (κ1) is 22.2. The van der Waals surface area contributed by atoms with Crippen LogP contribution in [0.15, 0.2) is 23.2 Å². The molecule has 1 aliphatic carbocycles. The second kappa shape index (κ2) is 10.1. The normalized spacial score (nSPS) is 24.9. The highest BCUT2D eigenvalue weighted by molar-refractivity contribution is 5.80. The van der Waals surface area contributed by atoms with Crippen LogP contribution in [0.5, 0.6) is 11.5 Å². The number of nitrogens with zero attached hydrogens (tertiary/aromatic N) is 1. The van der Waals surface area contributed by atoms with Gasteiger partial charge in [0.2, 0.25) is 0 Å². The van der Waals surface area contributed by atoms with Crippen LogP contribution in [0.3, 0.4) is 0 Å². The van der Waals surface area contributed by atoms with Gasteiger partial charge in [0.25, 0.3) is 0 Å². The SMILES string of the molecule is CCNC(=NCC1(CCO)CCOC1)NCC1(c2ccc3c(c2)OCCO3)CCCC1. The van der Waals surface area contributed by atoms with Gasteiger partial charge in [-0.15, -0.1) is 0 Å². The number of hydrogen-bond donors (Lipinski definition) is 3. The molecule has 1 saturated heterocycles. The van der Waals surface area contributed by atoms with Gasteiger partial charge in [-0.25, -0.2) is 0 Å². The van der Waals surface area contributed by atoms with Gasteiger partial charge in [0, 0.05) is 37.1 Å². The number of hydrogen-bond acceptors (Lipinski definition) is 5. The van der Waals surface area contributed by atoms with E-state index in [1.807, 2.05) is 0 Å². The van der Waals surface area contributed by atoms with Crippen LogP contribution in [0, 0.1) is 5.41 Å². The van der Waals surface area contributed by atoms with E-state index < -0.39 is 0 Å². The number of aliphatic hydroxyl groups excluding tert-OH is 1. The molecule has 2 heterocycles. The second-order valence-electron chi connectivity index (χ2n) is 9.17. The Morgan fingerprint density at radius 3 is 2.58 bits per heavy atom. The number of rotatable bonds is 8. The first-order valence-corrected chi connectivity index (χ1v) is 11.8. The summed E-state index contributed by atoms with van der Waals surface area (Å²) >= 11 is 0. The third-order valence-corrected chi connectivity index (χ3v) is 7.05. The van der Waals surface area contributed by atoms with Crippen molar-refractivity contribution in [3.8, 4) is 11.5 Å². The molecule has 0 radical (unpaired) electrons. The Labute approximate surface area is 185 Å². The lowest BCUT2D eigenvalue weighted by Crippen LogP contribution is -2.45. The number of fused-ring (bicyclic) bond motifs is 1. The highest BCUT2D eigenvalue weighted by Gasteiger charge is 2.37. The Bertz CT molecular complexity index is 755. The summed E-state index contributed by atoms with van der Waals surface area (Å²) < 4.78 is 17.2. The molecule has 0 amide bonds. The Hall–Kier alpha value is -1.99. The summed E-state index contributed by atoms with van der Waals surface area (Å²) in [6, 6.07) is 6.44. The maximum Gasteiger partial charge on any atom is 0.191 e. The van der Waals surface area contributed by atoms with E-state index in [4.69, 9.17) is 19.2 Å². The summed E-state index contributed by atoms with van der Waals surface area (Å²) in [5, 5.41) is 16.5. The summed E-state index contributed by atoms with van der Waals surface area (Å²) in [7, 11) is 0. The minimum atomic E-state index is -0.0437. The van der Waals surface area contributed by atoms with Gasteiger partial charge in [-0.05, 0) is 50.3 Å². The van der Waals surface area contributed by atoms with Crippen molar-refractivity contribution in [1.29, 1.82) is 0 Å². The average molecular weight is 432 g/mol. The van der Waals surface area contributed by atoms with Crippen molar-refractivity contribution >= 4 is 5.96 Å². The molecule has 3 aliphatic rings. The summed E-state index contributed by atoms with van der Waals surface area (Å²) in [5.41, 5.74) is 1.35. The lowest BCUT2D eigenvalue weighted by atomic mass is 9.78. The molecular formula is C24H37N3O4. The first-order chi connectivity index (χ1) is 15.2. The molecule has 2 fully saturated rings. The van der Waals surface area contributed by atoms with Crippen LogP contribution in [0.1, 0.15) is 51.0 Å². The molecule has 4 rings (SSSR count). The van der Waals surface area contributed by atoms with Crippen LogP contribution in [0.2, 0.25) is 0 Å². The first-order valence-electron chi connectivity index (χ1n) is 11.8. The zero-order valence-corrected chi connectivity index (χ0v) is 18.8. The standard InChI is InChI=1S/C24H37N3O4/c1-2-25-22(26-16-23(9-11-28)10-12-29-18-23)27-17-24(7-3-4-8-24)19-5-6-20-21(15-19)31-14-13-30-20/h5-6,15,28H,2-4,7-14,16-18H2,1H3,(H2,25,26,27). The Kier molecular flexibility index (Phi) is 7.23. The number of nitrogens with one attached hydrogen (secondary N) is 2. The number of benzene rings is 1. The molecule has 172 valence electrons. The maximum atomic E-state index is 9.50. The summed E-state index contributed by atoms with van der Waals surface area (Å²) in [6.07, 6.45) is 6.47. The molecule has 1 saturated carbocycles. The van der Waals surface area contributed by atoms with Crippen molar-refractivity contribution in [1.82, 2.24) is 10.6 Å². The largest absolute Gasteiger partial charge is 0.486 e. The van der Waals surface area contributed by atoms with Gasteiger partial charge in [0.1, 0.15) is 13.2 Å². The molecule has 1 atom stereocenters. The van der Waals surface area contributed by atoms with Gasteiger partial charge in [-0.1, -0.05) is 18.9 Å². The molecule has 1 aromatic rings. The van der Waals surface area contributed by atoms with E-state index in [0.717, 1.165) is 62.8 Å². The van der Waals surface area contributed by atoms with E-state index in [0.29, 0.717) is 26.4 Å². The number of guanidine groups is 1. The fourth-order valence-corrected chi connectivity index (χ4v) is 5.12. The Morgan fingerprint density at radius 2 is 1.87 bits per heavy atom. The topological polar surface area (TPSA) is 84.3 Å². The molecule has 0 spiro atoms. The van der Waals surface area contributed by atoms with Crippen molar-refractivity contribution in [2.45, 2.75) is 50.9 Å². The summed E-state index contributed by atoms with van der Waals surface area (Å²) in [4.78, 5) is 4.90. The van der Waals surface area contributed by atoms with Gasteiger partial charge in [0.15, 0.2) is 17.5 Å². The molecule has 2 aliphatic heterocycles. The van der Waals surface area contributed by atoms with Gasteiger partial charge in [0.05, 0.1) is 13.2 Å². The molecule has 3 N–H and O–H groups in total. The predicted molar refractivity (Wildman–Crippen MR) is 121 cm³/mol. The fourth-order valence-electron chi connectivity index (χ4n) is 5.12. The minimum Gasteiger partial charge on any atom is -0.486 e. The number of aliphatic hydroxyl groups is 1. The molecule has 0 bridgehead atoms. The van der Waals surface area contributed by atoms with E-state index in [1.165, 1.54) is 18.4 Å². The molecule has 1 aromatic carbocycles. The van der Waals surface area contributed by atoms with E-state index in [-0.39, 0.29) is 17.4 Å². The van der Waals surface area contributed by atoms with Crippen LogP contribution in [-0.4, -0.2) is 63.7 Å². The van der Waals surface area contributed by atoms with Gasteiger partial charge in [-0.2, -0.15) is 0 Å². The number of aliphatic imine (C=N–C) groups is 1. The van der Waals surface area contributed by atoms with E-state index in [2.05, 4.69) is 35.8 Å². The molecule has 1 unspecified atom stereocenters. The Morgan fingerprint density at radius 1 is 1.06 bits per heavy atom. The molecule has 0 aromatic heterocycles. The zero-order chi connectivity index (χ0) is 21.6. The highest BCUT2D eigenvalue weighted by Crippen LogP contribution is 2.43. The van der Waals surface area contributed by atoms with Crippen molar-refractivity contribution in [3.05, 3.63) is 23.8 Å². The maximum absolute atomic E-state index is 9.50. The average Bonchev–Trinajstić information content (AvgIpc) is 3.47. The molecule has 7 nitrogen and oxygen atoms in total. The van der Waals surface area contributed by atoms with Crippen molar-refractivity contribution in [2.75, 3.05) is 52.7 Å². The van der Waals surface area contributed by atoms with Crippen LogP contribution < -0.4 is 20.1 Å². The van der Waals surface area contributed by atoms with Crippen molar-refractivity contribution in [2.24, 2.45) is 10.4 Å². The van der Waals surface area contributed by atoms with Gasteiger partial charge >= 0.3 is 0 Å². The fraction of sp³-hybridized carbons (Fsp3) is 0.708. The third kappa shape index (κ3) is 5.09. The molecule has 31 heavy (non-hydrogen) atoms. The Balaban J connectivity index is 1.48. The summed E-state index contributed by atoms with van der Waals surface area (Å²) in [6.45, 7) is 7.24. The second-order valence-corrected chi connectivity index (χ2v) is 9.17. The quantitative estimate of drug-likeness (QED) is 0.433. The smallest absolute Gasteiger partial charge is 0.191 e. The zero-order valence-electron chi connectivity index (χ0n) is 18.8. The van der Waals surface area contributed by atoms with Crippen molar-refractivity contribution < 1.29 is 19.3 Å². The van der Waals surface area contributed by atoms with E-state index in [1.54, 1.807) is 0 Å². The van der Waals surface area contributed by atoms with E-state index >= 15 is 0 Å². The monoisotopic (exact) mass is 431 g/mol. The molecular weight excluding hydrogens is 394 g/mol. The lowest BCUT2D eigenvalue weighted by Gasteiger charge is -2.32. The van der Waals surface area contributed by atoms with Crippen molar-refractivity contribution in [3.63, 3.8) is 0 Å². The van der Waals surface area contributed by atoms with Gasteiger partial charge in [-0.3, -0.25) is 4.99 Å². The third-order valence-electron chi connectivity index (χ3n) is 7.05. The molecule has 7 heteroatoms. The predicted octanol–water partition coefficient (Wildman–Crippen LogP) is 2.61. The van der Waals surface area contributed by atoms with Gasteiger partial charge < -0.3 is 30.0 Å². The van der Waals surface area contributed by atoms with E-state index in [9.17, 15) is 5.11 Å². The van der Waals surface area contributed by atoms with Crippen LogP contribution in [-0.2, 0) is 10.2 Å². The van der Waals surface area contributed by atoms with Crippen LogP contribution in [0.25, 0.3) is 0 Å². The van der Waals surface area contributed by atoms with Crippen LogP contribution >= 0.6 is 0 Å². The lowest BCUT2D eigenvalue weighted by molar-refractivity contribution is 0.131. The summed E-state index contributed by atoms with van der Waals surface area (Å²) in [5.74, 6) is 2.55. The minimum absolute atomic E-state index is 0.0437. The van der Waals surface area contributed by atoms with Crippen LogP contribution in [0.4, 0.5) is 0 Å².